The molecule has 54 heteroatoms. The van der Waals surface area contributed by atoms with E-state index in [-0.39, 0.29) is 6.07 Å². The first kappa shape index (κ1) is 78.9. The van der Waals surface area contributed by atoms with Crippen LogP contribution in [0.25, 0.3) is 0 Å². The van der Waals surface area contributed by atoms with Crippen molar-refractivity contribution in [1.82, 2.24) is 0 Å². The summed E-state index contributed by atoms with van der Waals surface area (Å²) >= 11 is -18.1. The Morgan fingerprint density at radius 1 is 0.224 bits per heavy atom. The van der Waals surface area contributed by atoms with Crippen molar-refractivity contribution in [2.24, 2.45) is 0 Å². The topological polar surface area (TPSA) is 26.3 Å². The van der Waals surface area contributed by atoms with Gasteiger partial charge in [0.1, 0.15) is 0 Å². The zero-order valence-corrected chi connectivity index (χ0v) is 39.3. The van der Waals surface area contributed by atoms with Crippen LogP contribution in [-0.4, -0.2) is 162 Å². The van der Waals surface area contributed by atoms with E-state index in [1.807, 2.05) is 0 Å². The Labute approximate surface area is 429 Å². The van der Waals surface area contributed by atoms with Gasteiger partial charge in [0.05, 0.1) is 0 Å². The first-order chi connectivity index (χ1) is 36.0. The molecule has 0 radical (unpaired) electrons. The number of hydrogen-bond donors (Lipinski definition) is 0. The Balaban J connectivity index is 6.32. The number of halogens is 51. The molecule has 0 saturated heterocycles. The second kappa shape index (κ2) is 20.0. The van der Waals surface area contributed by atoms with Gasteiger partial charge >= 0.3 is 429 Å². The van der Waals surface area contributed by atoms with E-state index in [9.17, 15) is 123 Å². The molecule has 0 aliphatic heterocycles. The molecule has 0 saturated carbocycles. The maximum absolute atomic E-state index is 18.1. The van der Waals surface area contributed by atoms with Gasteiger partial charge < -0.3 is 0 Å². The van der Waals surface area contributed by atoms with Gasteiger partial charge in [-0.1, -0.05) is 0 Å². The van der Waals surface area contributed by atoms with Gasteiger partial charge in [0.25, 0.3) is 0 Å². The van der Waals surface area contributed by atoms with Gasteiger partial charge in [0.2, 0.25) is 0 Å². The minimum absolute atomic E-state index is 0.248. The van der Waals surface area contributed by atoms with E-state index in [1.54, 1.807) is 0 Å². The Hall–Kier alpha value is -4.08. The van der Waals surface area contributed by atoms with E-state index in [1.165, 1.54) is 3.07 Å². The summed E-state index contributed by atoms with van der Waals surface area (Å²) in [5, 5.41) is 0. The number of alkyl halides is 51. The third kappa shape index (κ3) is 9.26. The van der Waals surface area contributed by atoms with Gasteiger partial charge in [-0.25, -0.2) is 0 Å². The molecule has 2 nitrogen and oxygen atoms in total. The van der Waals surface area contributed by atoms with E-state index in [0.29, 0.717) is 0 Å². The second-order valence-corrected chi connectivity index (χ2v) is 26.4. The molecule has 0 aromatic heterocycles. The molecule has 3 atom stereocenters. The predicted octanol–water partition coefficient (Wildman–Crippen LogP) is 17.4. The summed E-state index contributed by atoms with van der Waals surface area (Å²) in [7, 11) is 0. The van der Waals surface area contributed by atoms with Crippen LogP contribution in [0, 0.1) is 0 Å². The molecule has 0 N–H and O–H groups in total. The van der Waals surface area contributed by atoms with Crippen LogP contribution in [-0.2, 0) is 3.07 Å². The number of rotatable bonds is 20. The molecule has 0 spiro atoms. The number of carbonyl (C=O) groups is 1. The van der Waals surface area contributed by atoms with E-state index in [2.05, 4.69) is 0 Å². The summed E-state index contributed by atoms with van der Waals surface area (Å²) in [5.74, 6) is -174. The molecule has 1 rings (SSSR count). The van der Waals surface area contributed by atoms with Crippen LogP contribution in [0.5, 0.6) is 0 Å². The molecule has 0 amide bonds. The van der Waals surface area contributed by atoms with Gasteiger partial charge in [0, 0.05) is 0 Å². The SMILES string of the molecule is O=C([O][Sn]([C](F)(C(F)(F)F)C(F)(F)C(F)(F)C(F)(F)C(F)(F)C(F)(F)C(F)(F)F)([C](F)(C(F)(F)F)C(F)(F)C(F)(F)C(F)(F)C(F)(F)C(F)(F)C(F)(F)F)[C](F)(C(F)(F)F)C(F)(F)C(F)(F)C(F)(F)C(F)(F)C(F)(F)C(F)(F)F)c1ccccc1. The fourth-order valence-electron chi connectivity index (χ4n) is 6.45. The van der Waals surface area contributed by atoms with Crippen LogP contribution in [0.3, 0.4) is 0 Å². The molecule has 0 bridgehead atoms. The molecule has 0 aliphatic carbocycles. The molecule has 85 heavy (non-hydrogen) atoms. The molecular formula is C31H5F51O2Sn. The molecule has 0 heterocycles. The summed E-state index contributed by atoms with van der Waals surface area (Å²) < 4.78 is 712. The molecule has 1 aromatic carbocycles. The maximum atomic E-state index is 17.5. The van der Waals surface area contributed by atoms with E-state index < -0.39 is 192 Å². The molecule has 0 aliphatic rings. The third-order valence-corrected chi connectivity index (χ3v) is 25.8. The predicted molar refractivity (Wildman–Crippen MR) is 160 cm³/mol. The molecular weight excluding hydrogens is 1490 g/mol. The van der Waals surface area contributed by atoms with Crippen LogP contribution in [0.1, 0.15) is 10.4 Å². The zero-order chi connectivity index (χ0) is 69.9. The van der Waals surface area contributed by atoms with E-state index >= 15 is 105 Å². The Kier molecular flexibility index (Phi) is 18.5. The van der Waals surface area contributed by atoms with Crippen LogP contribution in [0.15, 0.2) is 30.3 Å². The van der Waals surface area contributed by atoms with Crippen LogP contribution >= 0.6 is 0 Å². The van der Waals surface area contributed by atoms with Gasteiger partial charge in [-0.05, 0) is 0 Å². The first-order valence-corrected chi connectivity index (χ1v) is 23.9. The summed E-state index contributed by atoms with van der Waals surface area (Å²) in [4.78, 5) is 13.0. The van der Waals surface area contributed by atoms with Crippen molar-refractivity contribution >= 4 is 24.8 Å². The van der Waals surface area contributed by atoms with Gasteiger partial charge in [-0.15, -0.1) is 0 Å². The van der Waals surface area contributed by atoms with Crippen molar-refractivity contribution in [3.8, 4) is 0 Å². The molecule has 1 aromatic rings. The van der Waals surface area contributed by atoms with E-state index in [0.717, 1.165) is 0 Å². The van der Waals surface area contributed by atoms with Gasteiger partial charge in [0.15, 0.2) is 0 Å². The normalized spacial score (nSPS) is 19.2. The Bertz CT molecular complexity index is 2330. The summed E-state index contributed by atoms with van der Waals surface area (Å²) in [6, 6.07) is -4.50. The number of hydrogen-bond acceptors (Lipinski definition) is 2. The summed E-state index contributed by atoms with van der Waals surface area (Å²) in [6.45, 7) is 0. The Morgan fingerprint density at radius 2 is 0.376 bits per heavy atom. The van der Waals surface area contributed by atoms with Gasteiger partial charge in [-0.3, -0.25) is 0 Å². The average Bonchev–Trinajstić information content (AvgIpc) is 3.26. The van der Waals surface area contributed by atoms with Crippen molar-refractivity contribution in [3.63, 3.8) is 0 Å². The fraction of sp³-hybridized carbons (Fsp3) is 0.774. The Morgan fingerprint density at radius 3 is 0.529 bits per heavy atom. The third-order valence-electron chi connectivity index (χ3n) is 11.0. The fourth-order valence-corrected chi connectivity index (χ4v) is 21.4. The van der Waals surface area contributed by atoms with Crippen LogP contribution < -0.4 is 0 Å². The van der Waals surface area contributed by atoms with Crippen LogP contribution in [0.2, 0.25) is 0 Å². The van der Waals surface area contributed by atoms with Crippen molar-refractivity contribution in [3.05, 3.63) is 35.9 Å². The van der Waals surface area contributed by atoms with Crippen molar-refractivity contribution in [2.75, 3.05) is 0 Å². The summed E-state index contributed by atoms with van der Waals surface area (Å²) in [5.41, 5.74) is -3.73. The molecule has 3 unspecified atom stereocenters. The quantitative estimate of drug-likeness (QED) is 0.0961. The van der Waals surface area contributed by atoms with Crippen molar-refractivity contribution < 1.29 is 232 Å². The molecule has 0 fully saturated rings. The first-order valence-electron chi connectivity index (χ1n) is 18.4. The van der Waals surface area contributed by atoms with Gasteiger partial charge in [-0.2, -0.15) is 0 Å². The van der Waals surface area contributed by atoms with Crippen molar-refractivity contribution in [1.29, 1.82) is 0 Å². The second-order valence-electron chi connectivity index (χ2n) is 16.0. The summed E-state index contributed by atoms with van der Waals surface area (Å²) in [6.07, 6.45) is -62.8. The monoisotopic (exact) mass is 1500 g/mol. The number of benzene rings is 1. The number of carbonyl (C=O) groups excluding carboxylic acids is 1. The van der Waals surface area contributed by atoms with Crippen molar-refractivity contribution in [2.45, 2.75) is 137 Å². The zero-order valence-electron chi connectivity index (χ0n) is 36.5. The average molecular weight is 1500 g/mol. The van der Waals surface area contributed by atoms with Crippen LogP contribution in [0.4, 0.5) is 224 Å². The minimum atomic E-state index is -18.1. The standard InChI is InChI=1S/3C8F17.C7H6O2.Sn/c3*9-1(3(12,13)14)2(10,11)4(15,16)5(17,18)6(19,20)7(21,22)8(23,24)25;8-7(9)6-4-2-1-3-5-6;/h;;;1-5H,(H,8,9);/q;;;;+1/p-1. The van der Waals surface area contributed by atoms with E-state index in [4.69, 9.17) is 0 Å². The molecule has 502 valence electrons.